The van der Waals surface area contributed by atoms with E-state index in [-0.39, 0.29) is 5.92 Å². The SMILES string of the molecule is C=C/C=C(\C(=C)C)C(CNC(=O)OC(C)(C)C)c1ncco1.CC. The van der Waals surface area contributed by atoms with E-state index >= 15 is 0 Å². The van der Waals surface area contributed by atoms with E-state index in [9.17, 15) is 4.79 Å². The highest BCUT2D eigenvalue weighted by Crippen LogP contribution is 2.27. The zero-order valence-electron chi connectivity index (χ0n) is 15.7. The number of amides is 1. The van der Waals surface area contributed by atoms with Crippen LogP contribution in [0, 0.1) is 0 Å². The summed E-state index contributed by atoms with van der Waals surface area (Å²) < 4.78 is 10.6. The first-order valence-corrected chi connectivity index (χ1v) is 8.09. The monoisotopic (exact) mass is 334 g/mol. The van der Waals surface area contributed by atoms with Gasteiger partial charge >= 0.3 is 6.09 Å². The highest BCUT2D eigenvalue weighted by molar-refractivity contribution is 5.67. The summed E-state index contributed by atoms with van der Waals surface area (Å²) in [5.41, 5.74) is 1.21. The number of alkyl carbamates (subject to hydrolysis) is 1. The van der Waals surface area contributed by atoms with Crippen molar-refractivity contribution < 1.29 is 13.9 Å². The van der Waals surface area contributed by atoms with Gasteiger partial charge in [-0.2, -0.15) is 0 Å². The van der Waals surface area contributed by atoms with E-state index in [1.54, 1.807) is 12.3 Å². The van der Waals surface area contributed by atoms with Gasteiger partial charge in [-0.05, 0) is 33.3 Å². The van der Waals surface area contributed by atoms with Gasteiger partial charge in [0.25, 0.3) is 0 Å². The van der Waals surface area contributed by atoms with Gasteiger partial charge in [0.15, 0.2) is 0 Å². The molecular formula is C19H30N2O3. The van der Waals surface area contributed by atoms with Crippen LogP contribution in [0.5, 0.6) is 0 Å². The summed E-state index contributed by atoms with van der Waals surface area (Å²) in [5, 5.41) is 2.74. The van der Waals surface area contributed by atoms with Crippen LogP contribution in [0.3, 0.4) is 0 Å². The number of hydrogen-bond donors (Lipinski definition) is 1. The summed E-state index contributed by atoms with van der Waals surface area (Å²) in [7, 11) is 0. The molecule has 1 unspecified atom stereocenters. The van der Waals surface area contributed by atoms with Crippen LogP contribution in [0.4, 0.5) is 4.79 Å². The number of carbonyl (C=O) groups is 1. The summed E-state index contributed by atoms with van der Waals surface area (Å²) in [6.45, 7) is 19.3. The van der Waals surface area contributed by atoms with Crippen LogP contribution < -0.4 is 5.32 Å². The third kappa shape index (κ3) is 7.81. The van der Waals surface area contributed by atoms with E-state index in [1.165, 1.54) is 6.26 Å². The van der Waals surface area contributed by atoms with Gasteiger partial charge in [0.1, 0.15) is 11.9 Å². The Hall–Kier alpha value is -2.30. The molecule has 1 aromatic heterocycles. The molecule has 0 spiro atoms. The van der Waals surface area contributed by atoms with Crippen molar-refractivity contribution in [2.75, 3.05) is 6.54 Å². The number of carbonyl (C=O) groups excluding carboxylic acids is 1. The van der Waals surface area contributed by atoms with E-state index in [1.807, 2.05) is 47.6 Å². The number of oxazole rings is 1. The molecule has 5 nitrogen and oxygen atoms in total. The summed E-state index contributed by atoms with van der Waals surface area (Å²) in [6, 6.07) is 0. The Labute approximate surface area is 145 Å². The van der Waals surface area contributed by atoms with Crippen molar-refractivity contribution in [1.29, 1.82) is 0 Å². The summed E-state index contributed by atoms with van der Waals surface area (Å²) in [5.74, 6) is 0.255. The molecule has 0 bridgehead atoms. The zero-order chi connectivity index (χ0) is 18.8. The molecule has 1 N–H and O–H groups in total. The normalized spacial score (nSPS) is 12.5. The Morgan fingerprint density at radius 1 is 1.46 bits per heavy atom. The molecule has 5 heteroatoms. The number of ether oxygens (including phenoxy) is 1. The van der Waals surface area contributed by atoms with Gasteiger partial charge in [-0.15, -0.1) is 0 Å². The lowest BCUT2D eigenvalue weighted by molar-refractivity contribution is 0.0525. The van der Waals surface area contributed by atoms with Gasteiger partial charge in [-0.25, -0.2) is 9.78 Å². The largest absolute Gasteiger partial charge is 0.448 e. The van der Waals surface area contributed by atoms with Crippen molar-refractivity contribution >= 4 is 6.09 Å². The van der Waals surface area contributed by atoms with Gasteiger partial charge in [0, 0.05) is 6.54 Å². The smallest absolute Gasteiger partial charge is 0.407 e. The first-order chi connectivity index (χ1) is 11.2. The Bertz CT molecular complexity index is 552. The van der Waals surface area contributed by atoms with Crippen LogP contribution in [0.15, 0.2) is 53.3 Å². The molecule has 0 saturated heterocycles. The van der Waals surface area contributed by atoms with Crippen LogP contribution in [-0.2, 0) is 4.74 Å². The third-order valence-electron chi connectivity index (χ3n) is 2.76. The lowest BCUT2D eigenvalue weighted by atomic mass is 9.93. The first kappa shape index (κ1) is 21.7. The van der Waals surface area contributed by atoms with Crippen molar-refractivity contribution in [2.24, 2.45) is 0 Å². The molecule has 0 aliphatic heterocycles. The molecule has 0 aliphatic rings. The van der Waals surface area contributed by atoms with Crippen molar-refractivity contribution in [3.8, 4) is 0 Å². The molecule has 24 heavy (non-hydrogen) atoms. The minimum atomic E-state index is -0.545. The molecule has 0 saturated carbocycles. The van der Waals surface area contributed by atoms with Crippen molar-refractivity contribution in [1.82, 2.24) is 10.3 Å². The van der Waals surface area contributed by atoms with E-state index in [2.05, 4.69) is 23.5 Å². The second-order valence-corrected chi connectivity index (χ2v) is 5.94. The maximum Gasteiger partial charge on any atom is 0.407 e. The second kappa shape index (κ2) is 10.5. The number of rotatable bonds is 6. The molecule has 0 aromatic carbocycles. The van der Waals surface area contributed by atoms with E-state index in [0.717, 1.165) is 11.1 Å². The molecule has 1 amide bonds. The Morgan fingerprint density at radius 3 is 2.50 bits per heavy atom. The Morgan fingerprint density at radius 2 is 2.08 bits per heavy atom. The van der Waals surface area contributed by atoms with E-state index in [4.69, 9.17) is 9.15 Å². The fraction of sp³-hybridized carbons (Fsp3) is 0.474. The maximum absolute atomic E-state index is 11.8. The zero-order valence-corrected chi connectivity index (χ0v) is 15.7. The maximum atomic E-state index is 11.8. The molecule has 134 valence electrons. The minimum Gasteiger partial charge on any atom is -0.448 e. The number of nitrogens with zero attached hydrogens (tertiary/aromatic N) is 1. The predicted molar refractivity (Wildman–Crippen MR) is 97.9 cm³/mol. The first-order valence-electron chi connectivity index (χ1n) is 8.09. The standard InChI is InChI=1S/C17H24N2O3.C2H6/c1-7-8-13(12(2)3)14(15-18-9-10-21-15)11-19-16(20)22-17(4,5)6;1-2/h7-10,14H,1-2,11H2,3-6H3,(H,19,20);1-2H3/b13-8+;. The fourth-order valence-corrected chi connectivity index (χ4v) is 1.92. The molecular weight excluding hydrogens is 304 g/mol. The Balaban J connectivity index is 0.00000254. The summed E-state index contributed by atoms with van der Waals surface area (Å²) in [4.78, 5) is 16.0. The van der Waals surface area contributed by atoms with Gasteiger partial charge in [0.05, 0.1) is 12.1 Å². The number of aromatic nitrogens is 1. The average molecular weight is 334 g/mol. The van der Waals surface area contributed by atoms with Crippen LogP contribution in [0.2, 0.25) is 0 Å². The van der Waals surface area contributed by atoms with E-state index in [0.29, 0.717) is 12.4 Å². The van der Waals surface area contributed by atoms with Crippen LogP contribution in [-0.4, -0.2) is 23.2 Å². The van der Waals surface area contributed by atoms with Gasteiger partial charge in [-0.1, -0.05) is 44.7 Å². The molecule has 1 rings (SSSR count). The number of nitrogens with one attached hydrogen (secondary N) is 1. The topological polar surface area (TPSA) is 64.4 Å². The van der Waals surface area contributed by atoms with Gasteiger partial charge in [0.2, 0.25) is 5.89 Å². The highest BCUT2D eigenvalue weighted by Gasteiger charge is 2.23. The highest BCUT2D eigenvalue weighted by atomic mass is 16.6. The fourth-order valence-electron chi connectivity index (χ4n) is 1.92. The van der Waals surface area contributed by atoms with Gasteiger partial charge < -0.3 is 14.5 Å². The van der Waals surface area contributed by atoms with Crippen molar-refractivity contribution in [3.05, 3.63) is 54.8 Å². The molecule has 1 aromatic rings. The van der Waals surface area contributed by atoms with Gasteiger partial charge in [-0.3, -0.25) is 0 Å². The van der Waals surface area contributed by atoms with E-state index < -0.39 is 11.7 Å². The van der Waals surface area contributed by atoms with Crippen LogP contribution in [0.1, 0.15) is 53.4 Å². The predicted octanol–water partition coefficient (Wildman–Crippen LogP) is 5.00. The summed E-state index contributed by atoms with van der Waals surface area (Å²) in [6.07, 6.45) is 6.10. The van der Waals surface area contributed by atoms with Crippen LogP contribution in [0.25, 0.3) is 0 Å². The summed E-state index contributed by atoms with van der Waals surface area (Å²) >= 11 is 0. The second-order valence-electron chi connectivity index (χ2n) is 5.94. The Kier molecular flexibility index (Phi) is 9.47. The van der Waals surface area contributed by atoms with Crippen molar-refractivity contribution in [3.63, 3.8) is 0 Å². The minimum absolute atomic E-state index is 0.252. The van der Waals surface area contributed by atoms with Crippen molar-refractivity contribution in [2.45, 2.75) is 53.1 Å². The van der Waals surface area contributed by atoms with Crippen LogP contribution >= 0.6 is 0 Å². The lowest BCUT2D eigenvalue weighted by Crippen LogP contribution is -2.35. The quantitative estimate of drug-likeness (QED) is 0.744. The number of allylic oxidation sites excluding steroid dienone is 3. The molecule has 1 atom stereocenters. The molecule has 1 heterocycles. The molecule has 0 aliphatic carbocycles. The third-order valence-corrected chi connectivity index (χ3v) is 2.76. The average Bonchev–Trinajstić information content (AvgIpc) is 3.00. The molecule has 0 fully saturated rings. The number of hydrogen-bond acceptors (Lipinski definition) is 4. The molecule has 0 radical (unpaired) electrons. The lowest BCUT2D eigenvalue weighted by Gasteiger charge is -2.22.